The number of amides is 1. The van der Waals surface area contributed by atoms with Crippen molar-refractivity contribution in [3.63, 3.8) is 0 Å². The molecule has 16 heavy (non-hydrogen) atoms. The van der Waals surface area contributed by atoms with E-state index in [1.54, 1.807) is 0 Å². The van der Waals surface area contributed by atoms with E-state index in [0.717, 1.165) is 18.4 Å². The highest BCUT2D eigenvalue weighted by Gasteiger charge is 2.55. The van der Waals surface area contributed by atoms with Crippen molar-refractivity contribution in [2.75, 3.05) is 6.54 Å². The van der Waals surface area contributed by atoms with Crippen LogP contribution in [0.3, 0.4) is 0 Å². The molecule has 0 radical (unpaired) electrons. The van der Waals surface area contributed by atoms with Gasteiger partial charge in [-0.15, -0.1) is 0 Å². The van der Waals surface area contributed by atoms with Crippen LogP contribution in [-0.2, 0) is 10.4 Å². The van der Waals surface area contributed by atoms with Gasteiger partial charge in [-0.1, -0.05) is 30.3 Å². The zero-order valence-electron chi connectivity index (χ0n) is 9.10. The van der Waals surface area contributed by atoms with Gasteiger partial charge in [0.2, 0.25) is 5.91 Å². The molecular weight excluding hydrogens is 202 g/mol. The maximum Gasteiger partial charge on any atom is 0.223 e. The molecule has 84 valence electrons. The molecule has 2 fully saturated rings. The van der Waals surface area contributed by atoms with Crippen molar-refractivity contribution in [1.29, 1.82) is 0 Å². The fraction of sp³-hybridized carbons (Fsp3) is 0.462. The summed E-state index contributed by atoms with van der Waals surface area (Å²) in [6.07, 6.45) is 2.45. The Labute approximate surface area is 94.7 Å². The van der Waals surface area contributed by atoms with Crippen LogP contribution in [-0.4, -0.2) is 28.5 Å². The Bertz CT molecular complexity index is 417. The van der Waals surface area contributed by atoms with Crippen LogP contribution in [0.25, 0.3) is 0 Å². The van der Waals surface area contributed by atoms with Crippen LogP contribution >= 0.6 is 0 Å². The SMILES string of the molecule is O=C1CCC[C@@H]2N1C[C@@]2(O)c1ccccc1. The molecule has 1 N–H and O–H groups in total. The van der Waals surface area contributed by atoms with Gasteiger partial charge in [0.05, 0.1) is 12.6 Å². The minimum atomic E-state index is -0.808. The van der Waals surface area contributed by atoms with Crippen LogP contribution in [0.15, 0.2) is 30.3 Å². The average Bonchev–Trinajstić information content (AvgIpc) is 2.31. The number of carbonyl (C=O) groups excluding carboxylic acids is 1. The second-order valence-corrected chi connectivity index (χ2v) is 4.72. The number of fused-ring (bicyclic) bond motifs is 1. The van der Waals surface area contributed by atoms with Gasteiger partial charge in [-0.05, 0) is 18.4 Å². The van der Waals surface area contributed by atoms with E-state index in [-0.39, 0.29) is 11.9 Å². The van der Waals surface area contributed by atoms with Gasteiger partial charge in [0.25, 0.3) is 0 Å². The van der Waals surface area contributed by atoms with E-state index < -0.39 is 5.60 Å². The number of piperidine rings is 1. The third-order valence-corrected chi connectivity index (χ3v) is 3.80. The molecule has 0 bridgehead atoms. The van der Waals surface area contributed by atoms with E-state index in [2.05, 4.69) is 0 Å². The van der Waals surface area contributed by atoms with Gasteiger partial charge in [0, 0.05) is 6.42 Å². The van der Waals surface area contributed by atoms with Crippen molar-refractivity contribution in [2.24, 2.45) is 0 Å². The maximum absolute atomic E-state index is 11.6. The molecule has 2 aliphatic rings. The molecule has 2 aliphatic heterocycles. The summed E-state index contributed by atoms with van der Waals surface area (Å²) < 4.78 is 0. The highest BCUT2D eigenvalue weighted by molar-refractivity contribution is 5.79. The minimum Gasteiger partial charge on any atom is -0.381 e. The Kier molecular flexibility index (Phi) is 2.04. The molecule has 2 atom stereocenters. The molecule has 1 amide bonds. The van der Waals surface area contributed by atoms with E-state index >= 15 is 0 Å². The zero-order chi connectivity index (χ0) is 11.2. The molecular formula is C13H15NO2. The second kappa shape index (κ2) is 3.32. The molecule has 0 aromatic heterocycles. The summed E-state index contributed by atoms with van der Waals surface area (Å²) in [7, 11) is 0. The number of rotatable bonds is 1. The third kappa shape index (κ3) is 1.21. The van der Waals surface area contributed by atoms with Crippen molar-refractivity contribution >= 4 is 5.91 Å². The van der Waals surface area contributed by atoms with Crippen LogP contribution in [0.5, 0.6) is 0 Å². The molecule has 0 unspecified atom stereocenters. The summed E-state index contributed by atoms with van der Waals surface area (Å²) in [5.41, 5.74) is 0.128. The van der Waals surface area contributed by atoms with Gasteiger partial charge in [-0.3, -0.25) is 4.79 Å². The number of aliphatic hydroxyl groups is 1. The monoisotopic (exact) mass is 217 g/mol. The fourth-order valence-electron chi connectivity index (χ4n) is 2.88. The summed E-state index contributed by atoms with van der Waals surface area (Å²) in [4.78, 5) is 13.4. The van der Waals surface area contributed by atoms with E-state index in [1.165, 1.54) is 0 Å². The van der Waals surface area contributed by atoms with Crippen molar-refractivity contribution < 1.29 is 9.90 Å². The van der Waals surface area contributed by atoms with Crippen molar-refractivity contribution in [2.45, 2.75) is 30.9 Å². The van der Waals surface area contributed by atoms with Crippen LogP contribution in [0.1, 0.15) is 24.8 Å². The maximum atomic E-state index is 11.6. The van der Waals surface area contributed by atoms with E-state index in [4.69, 9.17) is 0 Å². The number of hydrogen-bond acceptors (Lipinski definition) is 2. The van der Waals surface area contributed by atoms with Gasteiger partial charge in [0.1, 0.15) is 5.60 Å². The van der Waals surface area contributed by atoms with Gasteiger partial charge >= 0.3 is 0 Å². The van der Waals surface area contributed by atoms with Crippen LogP contribution < -0.4 is 0 Å². The molecule has 1 aromatic carbocycles. The molecule has 3 nitrogen and oxygen atoms in total. The predicted octanol–water partition coefficient (Wildman–Crippen LogP) is 1.27. The number of benzene rings is 1. The summed E-state index contributed by atoms with van der Waals surface area (Å²) in [5.74, 6) is 0.192. The lowest BCUT2D eigenvalue weighted by atomic mass is 9.73. The predicted molar refractivity (Wildman–Crippen MR) is 59.7 cm³/mol. The van der Waals surface area contributed by atoms with Crippen molar-refractivity contribution in [3.8, 4) is 0 Å². The van der Waals surface area contributed by atoms with E-state index in [9.17, 15) is 9.90 Å². The molecule has 0 aliphatic carbocycles. The summed E-state index contributed by atoms with van der Waals surface area (Å²) in [6, 6.07) is 9.68. The summed E-state index contributed by atoms with van der Waals surface area (Å²) in [5, 5.41) is 10.6. The highest BCUT2D eigenvalue weighted by Crippen LogP contribution is 2.43. The van der Waals surface area contributed by atoms with Gasteiger partial charge < -0.3 is 10.0 Å². The van der Waals surface area contributed by atoms with Crippen LogP contribution in [0.4, 0.5) is 0 Å². The fourth-order valence-corrected chi connectivity index (χ4v) is 2.88. The first-order valence-electron chi connectivity index (χ1n) is 5.79. The normalized spacial score (nSPS) is 33.2. The van der Waals surface area contributed by atoms with E-state index in [1.807, 2.05) is 35.2 Å². The van der Waals surface area contributed by atoms with Gasteiger partial charge in [0.15, 0.2) is 0 Å². The Morgan fingerprint density at radius 2 is 2.06 bits per heavy atom. The lowest BCUT2D eigenvalue weighted by molar-refractivity contribution is -0.189. The number of nitrogens with zero attached hydrogens (tertiary/aromatic N) is 1. The lowest BCUT2D eigenvalue weighted by Gasteiger charge is -2.56. The Morgan fingerprint density at radius 3 is 2.81 bits per heavy atom. The standard InChI is InChI=1S/C13H15NO2/c15-12-8-4-7-11-13(16,9-14(11)12)10-5-2-1-3-6-10/h1-3,5-6,11,16H,4,7-9H2/t11-,13+/m0/s1. The third-order valence-electron chi connectivity index (χ3n) is 3.80. The summed E-state index contributed by atoms with van der Waals surface area (Å²) in [6.45, 7) is 0.459. The molecule has 2 saturated heterocycles. The van der Waals surface area contributed by atoms with Gasteiger partial charge in [-0.2, -0.15) is 0 Å². The minimum absolute atomic E-state index is 0.00356. The lowest BCUT2D eigenvalue weighted by Crippen LogP contribution is -2.70. The Hall–Kier alpha value is -1.35. The topological polar surface area (TPSA) is 40.5 Å². The Morgan fingerprint density at radius 1 is 1.31 bits per heavy atom. The van der Waals surface area contributed by atoms with Crippen LogP contribution in [0, 0.1) is 0 Å². The second-order valence-electron chi connectivity index (χ2n) is 4.72. The number of carbonyl (C=O) groups is 1. The van der Waals surface area contributed by atoms with Gasteiger partial charge in [-0.25, -0.2) is 0 Å². The quantitative estimate of drug-likeness (QED) is 0.769. The van der Waals surface area contributed by atoms with E-state index in [0.29, 0.717) is 13.0 Å². The van der Waals surface area contributed by atoms with Crippen LogP contribution in [0.2, 0.25) is 0 Å². The van der Waals surface area contributed by atoms with Crippen molar-refractivity contribution in [1.82, 2.24) is 4.90 Å². The Balaban J connectivity index is 1.89. The molecule has 1 aromatic rings. The molecule has 0 spiro atoms. The van der Waals surface area contributed by atoms with Crippen molar-refractivity contribution in [3.05, 3.63) is 35.9 Å². The zero-order valence-corrected chi connectivity index (χ0v) is 9.10. The molecule has 2 heterocycles. The number of hydrogen-bond donors (Lipinski definition) is 1. The highest BCUT2D eigenvalue weighted by atomic mass is 16.3. The first kappa shape index (κ1) is 9.85. The average molecular weight is 217 g/mol. The smallest absolute Gasteiger partial charge is 0.223 e. The molecule has 0 saturated carbocycles. The largest absolute Gasteiger partial charge is 0.381 e. The molecule has 3 heteroatoms. The first-order chi connectivity index (χ1) is 7.72. The molecule has 3 rings (SSSR count). The first-order valence-corrected chi connectivity index (χ1v) is 5.79. The summed E-state index contributed by atoms with van der Waals surface area (Å²) >= 11 is 0.